The van der Waals surface area contributed by atoms with Crippen molar-refractivity contribution in [3.05, 3.63) is 34.4 Å². The molecule has 0 saturated heterocycles. The van der Waals surface area contributed by atoms with Gasteiger partial charge in [0.05, 0.1) is 4.92 Å². The van der Waals surface area contributed by atoms with Gasteiger partial charge in [-0.15, -0.1) is 0 Å². The van der Waals surface area contributed by atoms with Gasteiger partial charge in [-0.25, -0.2) is 0 Å². The third-order valence-electron chi connectivity index (χ3n) is 4.79. The van der Waals surface area contributed by atoms with Crippen LogP contribution >= 0.6 is 0 Å². The maximum absolute atomic E-state index is 10.5. The number of nitro benzene ring substituents is 1. The fourth-order valence-corrected chi connectivity index (χ4v) is 2.74. The van der Waals surface area contributed by atoms with E-state index in [1.54, 1.807) is 12.1 Å². The predicted molar refractivity (Wildman–Crippen MR) is 77.9 cm³/mol. The molecule has 0 heterocycles. The number of nitrogens with one attached hydrogen (secondary N) is 1. The molecular weight excluding hydrogens is 256 g/mol. The summed E-state index contributed by atoms with van der Waals surface area (Å²) in [5, 5.41) is 14.0. The van der Waals surface area contributed by atoms with Gasteiger partial charge in [0.1, 0.15) is 12.4 Å². The number of ether oxygens (including phenoxy) is 1. The lowest BCUT2D eigenvalue weighted by molar-refractivity contribution is -0.384. The average Bonchev–Trinajstić information content (AvgIpc) is 2.76. The molecule has 110 valence electrons. The Labute approximate surface area is 119 Å². The average molecular weight is 278 g/mol. The van der Waals surface area contributed by atoms with Crippen molar-refractivity contribution in [2.75, 3.05) is 13.2 Å². The second kappa shape index (κ2) is 5.05. The third kappa shape index (κ3) is 2.63. The summed E-state index contributed by atoms with van der Waals surface area (Å²) in [7, 11) is 0. The lowest BCUT2D eigenvalue weighted by Gasteiger charge is -2.08. The minimum absolute atomic E-state index is 0.0805. The van der Waals surface area contributed by atoms with Crippen LogP contribution in [-0.4, -0.2) is 24.1 Å². The van der Waals surface area contributed by atoms with E-state index in [2.05, 4.69) is 33.0 Å². The highest BCUT2D eigenvalue weighted by atomic mass is 16.6. The van der Waals surface area contributed by atoms with E-state index in [0.29, 0.717) is 29.2 Å². The number of nitro groups is 1. The lowest BCUT2D eigenvalue weighted by Crippen LogP contribution is -2.27. The first-order valence-electron chi connectivity index (χ1n) is 6.87. The molecule has 5 heteroatoms. The normalized spacial score (nSPS) is 19.6. The van der Waals surface area contributed by atoms with Gasteiger partial charge < -0.3 is 10.1 Å². The Hall–Kier alpha value is -1.62. The van der Waals surface area contributed by atoms with Gasteiger partial charge in [-0.1, -0.05) is 27.7 Å². The number of rotatable bonds is 6. The van der Waals surface area contributed by atoms with E-state index in [0.717, 1.165) is 6.54 Å². The van der Waals surface area contributed by atoms with Crippen molar-refractivity contribution < 1.29 is 9.66 Å². The predicted octanol–water partition coefficient (Wildman–Crippen LogP) is 3.00. The molecule has 0 bridgehead atoms. The molecular formula is C15H22N2O3. The standard InChI is InChI=1S/C15H22N2O3/c1-14(2)13(15(14,3)4)16-9-10-20-12-7-5-11(6-8-12)17(18)19/h5-8,13,16H,9-10H2,1-4H3. The molecule has 0 radical (unpaired) electrons. The zero-order chi connectivity index (χ0) is 15.0. The van der Waals surface area contributed by atoms with Crippen molar-refractivity contribution in [1.82, 2.24) is 5.32 Å². The maximum Gasteiger partial charge on any atom is 0.269 e. The Morgan fingerprint density at radius 2 is 1.75 bits per heavy atom. The molecule has 1 aromatic carbocycles. The number of benzene rings is 1. The minimum Gasteiger partial charge on any atom is -0.492 e. The molecule has 1 aliphatic rings. The number of nitrogens with zero attached hydrogens (tertiary/aromatic N) is 1. The molecule has 1 N–H and O–H groups in total. The van der Waals surface area contributed by atoms with Gasteiger partial charge in [0.15, 0.2) is 0 Å². The van der Waals surface area contributed by atoms with Gasteiger partial charge in [-0.05, 0) is 23.0 Å². The summed E-state index contributed by atoms with van der Waals surface area (Å²) < 4.78 is 5.57. The third-order valence-corrected chi connectivity index (χ3v) is 4.79. The molecule has 0 aromatic heterocycles. The van der Waals surface area contributed by atoms with Crippen molar-refractivity contribution in [3.63, 3.8) is 0 Å². The van der Waals surface area contributed by atoms with Crippen molar-refractivity contribution >= 4 is 5.69 Å². The summed E-state index contributed by atoms with van der Waals surface area (Å²) in [4.78, 5) is 10.1. The van der Waals surface area contributed by atoms with Gasteiger partial charge in [0, 0.05) is 24.7 Å². The van der Waals surface area contributed by atoms with Crippen molar-refractivity contribution in [2.24, 2.45) is 10.8 Å². The van der Waals surface area contributed by atoms with Crippen LogP contribution in [0.2, 0.25) is 0 Å². The summed E-state index contributed by atoms with van der Waals surface area (Å²) in [6.07, 6.45) is 0. The first-order chi connectivity index (χ1) is 9.26. The smallest absolute Gasteiger partial charge is 0.269 e. The molecule has 2 rings (SSSR count). The van der Waals surface area contributed by atoms with Crippen molar-refractivity contribution in [2.45, 2.75) is 33.7 Å². The summed E-state index contributed by atoms with van der Waals surface area (Å²) in [5.74, 6) is 0.659. The van der Waals surface area contributed by atoms with Crippen molar-refractivity contribution in [1.29, 1.82) is 0 Å². The van der Waals surface area contributed by atoms with E-state index < -0.39 is 4.92 Å². The van der Waals surface area contributed by atoms with E-state index in [1.807, 2.05) is 0 Å². The molecule has 1 saturated carbocycles. The zero-order valence-electron chi connectivity index (χ0n) is 12.5. The number of non-ortho nitro benzene ring substituents is 1. The Bertz CT molecular complexity index is 480. The summed E-state index contributed by atoms with van der Waals surface area (Å²) in [6, 6.07) is 6.67. The largest absolute Gasteiger partial charge is 0.492 e. The molecule has 1 aliphatic carbocycles. The Balaban J connectivity index is 1.73. The van der Waals surface area contributed by atoms with Crippen LogP contribution in [0, 0.1) is 20.9 Å². The fraction of sp³-hybridized carbons (Fsp3) is 0.600. The highest BCUT2D eigenvalue weighted by Gasteiger charge is 2.64. The van der Waals surface area contributed by atoms with Gasteiger partial charge in [-0.3, -0.25) is 10.1 Å². The Morgan fingerprint density at radius 1 is 1.20 bits per heavy atom. The molecule has 0 spiro atoms. The molecule has 0 atom stereocenters. The second-order valence-electron chi connectivity index (χ2n) is 6.43. The van der Waals surface area contributed by atoms with Crippen LogP contribution in [0.15, 0.2) is 24.3 Å². The lowest BCUT2D eigenvalue weighted by atomic mass is 10.0. The van der Waals surface area contributed by atoms with Crippen LogP contribution in [0.5, 0.6) is 5.75 Å². The minimum atomic E-state index is -0.414. The highest BCUT2D eigenvalue weighted by molar-refractivity contribution is 5.35. The topological polar surface area (TPSA) is 64.4 Å². The Kier molecular flexibility index (Phi) is 3.73. The SMILES string of the molecule is CC1(C)C(NCCOc2ccc([N+](=O)[O-])cc2)C1(C)C. The quantitative estimate of drug-likeness (QED) is 0.493. The summed E-state index contributed by atoms with van der Waals surface area (Å²) >= 11 is 0. The van der Waals surface area contributed by atoms with Crippen LogP contribution in [0.25, 0.3) is 0 Å². The van der Waals surface area contributed by atoms with E-state index >= 15 is 0 Å². The summed E-state index contributed by atoms with van der Waals surface area (Å²) in [6.45, 7) is 10.4. The molecule has 0 aliphatic heterocycles. The van der Waals surface area contributed by atoms with Crippen molar-refractivity contribution in [3.8, 4) is 5.75 Å². The van der Waals surface area contributed by atoms with Crippen LogP contribution < -0.4 is 10.1 Å². The Morgan fingerprint density at radius 3 is 2.20 bits per heavy atom. The molecule has 1 fully saturated rings. The van der Waals surface area contributed by atoms with Crippen LogP contribution in [0.1, 0.15) is 27.7 Å². The van der Waals surface area contributed by atoms with Gasteiger partial charge in [0.25, 0.3) is 5.69 Å². The van der Waals surface area contributed by atoms with Gasteiger partial charge in [0.2, 0.25) is 0 Å². The zero-order valence-corrected chi connectivity index (χ0v) is 12.5. The summed E-state index contributed by atoms with van der Waals surface area (Å²) in [5.41, 5.74) is 0.720. The highest BCUT2D eigenvalue weighted by Crippen LogP contribution is 2.62. The van der Waals surface area contributed by atoms with Gasteiger partial charge in [-0.2, -0.15) is 0 Å². The fourth-order valence-electron chi connectivity index (χ4n) is 2.74. The monoisotopic (exact) mass is 278 g/mol. The molecule has 20 heavy (non-hydrogen) atoms. The first kappa shape index (κ1) is 14.8. The van der Waals surface area contributed by atoms with Crippen LogP contribution in [0.4, 0.5) is 5.69 Å². The van der Waals surface area contributed by atoms with E-state index in [4.69, 9.17) is 4.74 Å². The molecule has 0 unspecified atom stereocenters. The van der Waals surface area contributed by atoms with Gasteiger partial charge >= 0.3 is 0 Å². The van der Waals surface area contributed by atoms with E-state index in [9.17, 15) is 10.1 Å². The van der Waals surface area contributed by atoms with Crippen LogP contribution in [-0.2, 0) is 0 Å². The molecule has 5 nitrogen and oxygen atoms in total. The van der Waals surface area contributed by atoms with E-state index in [1.165, 1.54) is 12.1 Å². The van der Waals surface area contributed by atoms with Crippen LogP contribution in [0.3, 0.4) is 0 Å². The maximum atomic E-state index is 10.5. The second-order valence-corrected chi connectivity index (χ2v) is 6.43. The first-order valence-corrected chi connectivity index (χ1v) is 6.87. The number of hydrogen-bond acceptors (Lipinski definition) is 4. The van der Waals surface area contributed by atoms with E-state index in [-0.39, 0.29) is 5.69 Å². The molecule has 0 amide bonds. The number of hydrogen-bond donors (Lipinski definition) is 1. The molecule has 1 aromatic rings.